The fraction of sp³-hybridized carbons (Fsp3) is 0.500. The van der Waals surface area contributed by atoms with E-state index in [-0.39, 0.29) is 51.0 Å². The molecule has 0 saturated heterocycles. The predicted molar refractivity (Wildman–Crippen MR) is 124 cm³/mol. The number of rotatable bonds is 9. The highest BCUT2D eigenvalue weighted by Gasteiger charge is 2.34. The molecule has 0 fully saturated rings. The van der Waals surface area contributed by atoms with Crippen LogP contribution < -0.4 is 15.5 Å². The molecule has 11 nitrogen and oxygen atoms in total. The van der Waals surface area contributed by atoms with Crippen LogP contribution in [0.5, 0.6) is 5.75 Å². The van der Waals surface area contributed by atoms with Crippen molar-refractivity contribution >= 4 is 38.7 Å². The Labute approximate surface area is 196 Å². The molecule has 0 amide bonds. The van der Waals surface area contributed by atoms with Crippen LogP contribution in [-0.2, 0) is 10.0 Å². The van der Waals surface area contributed by atoms with Crippen LogP contribution in [0, 0.1) is 17.5 Å². The minimum atomic E-state index is -3.87. The van der Waals surface area contributed by atoms with Crippen molar-refractivity contribution in [3.63, 3.8) is 0 Å². The van der Waals surface area contributed by atoms with Crippen molar-refractivity contribution in [1.82, 2.24) is 9.46 Å². The third kappa shape index (κ3) is 4.94. The highest BCUT2D eigenvalue weighted by Crippen LogP contribution is 2.42. The molecule has 3 N–H and O–H groups in total. The van der Waals surface area contributed by atoms with Gasteiger partial charge in [0.1, 0.15) is 5.76 Å². The number of aromatic hydroxyl groups is 1. The van der Waals surface area contributed by atoms with Crippen LogP contribution in [-0.4, -0.2) is 36.1 Å². The van der Waals surface area contributed by atoms with E-state index in [0.29, 0.717) is 5.76 Å². The Kier molecular flexibility index (Phi) is 6.96. The Morgan fingerprint density at radius 1 is 1.33 bits per heavy atom. The molecule has 0 aliphatic heterocycles. The summed E-state index contributed by atoms with van der Waals surface area (Å²) in [6.07, 6.45) is 1.63. The zero-order chi connectivity index (χ0) is 24.6. The van der Waals surface area contributed by atoms with Crippen LogP contribution in [0.2, 0.25) is 0 Å². The van der Waals surface area contributed by atoms with Gasteiger partial charge in [0.05, 0.1) is 12.3 Å². The molecule has 182 valence electrons. The lowest BCUT2D eigenvalue weighted by Crippen LogP contribution is -2.30. The first-order chi connectivity index (χ1) is 15.4. The van der Waals surface area contributed by atoms with Crippen LogP contribution in [0.15, 0.2) is 31.0 Å². The molecule has 0 aliphatic rings. The summed E-state index contributed by atoms with van der Waals surface area (Å²) < 4.78 is 37.1. The molecule has 0 aromatic carbocycles. The van der Waals surface area contributed by atoms with Gasteiger partial charge in [-0.05, 0) is 29.1 Å². The van der Waals surface area contributed by atoms with E-state index in [9.17, 15) is 18.7 Å². The number of anilines is 3. The third-order valence-corrected chi connectivity index (χ3v) is 8.60. The second kappa shape index (κ2) is 9.23. The number of hydrogen-bond donors (Lipinski definition) is 3. The van der Waals surface area contributed by atoms with E-state index in [2.05, 4.69) is 15.8 Å². The van der Waals surface area contributed by atoms with Crippen molar-refractivity contribution in [2.75, 3.05) is 23.7 Å². The summed E-state index contributed by atoms with van der Waals surface area (Å²) in [6, 6.07) is 1.52. The van der Waals surface area contributed by atoms with Crippen LogP contribution in [0.25, 0.3) is 0 Å². The maximum absolute atomic E-state index is 12.8. The Bertz CT molecular complexity index is 1200. The maximum atomic E-state index is 12.8. The zero-order valence-electron chi connectivity index (χ0n) is 19.4. The van der Waals surface area contributed by atoms with Crippen LogP contribution in [0.4, 0.5) is 17.3 Å². The van der Waals surface area contributed by atoms with Gasteiger partial charge in [-0.1, -0.05) is 39.5 Å². The monoisotopic (exact) mass is 499 g/mol. The summed E-state index contributed by atoms with van der Waals surface area (Å²) >= 11 is 0.854. The van der Waals surface area contributed by atoms with Crippen LogP contribution >= 0.6 is 11.3 Å². The first-order valence-corrected chi connectivity index (χ1v) is 12.7. The molecule has 3 aromatic rings. The number of aromatic nitrogens is 2. The van der Waals surface area contributed by atoms with E-state index < -0.39 is 15.8 Å². The molecule has 3 rings (SSSR count). The van der Waals surface area contributed by atoms with Gasteiger partial charge in [-0.15, -0.1) is 11.3 Å². The number of sulfonamides is 1. The van der Waals surface area contributed by atoms with Crippen molar-refractivity contribution < 1.29 is 27.5 Å². The number of aryl methyl sites for hydroxylation is 1. The molecular weight excluding hydrogens is 470 g/mol. The number of nitrogens with zero attached hydrogens (tertiary/aromatic N) is 3. The number of nitrogens with one attached hydrogen (secondary N) is 2. The third-order valence-electron chi connectivity index (χ3n) is 5.06. The van der Waals surface area contributed by atoms with Gasteiger partial charge < -0.3 is 24.7 Å². The van der Waals surface area contributed by atoms with Crippen molar-refractivity contribution in [3.05, 3.63) is 34.2 Å². The predicted octanol–water partition coefficient (Wildman–Crippen LogP) is 3.95. The van der Waals surface area contributed by atoms with Gasteiger partial charge in [0.25, 0.3) is 15.8 Å². The summed E-state index contributed by atoms with van der Waals surface area (Å²) in [4.78, 5) is 0.144. The summed E-state index contributed by atoms with van der Waals surface area (Å²) in [5, 5.41) is 34.0. The lowest BCUT2D eigenvalue weighted by molar-refractivity contribution is -0.790. The van der Waals surface area contributed by atoms with E-state index >= 15 is 0 Å². The van der Waals surface area contributed by atoms with Crippen LogP contribution in [0.3, 0.4) is 0 Å². The van der Waals surface area contributed by atoms with Crippen molar-refractivity contribution in [3.8, 4) is 5.75 Å². The smallest absolute Gasteiger partial charge is 0.324 e. The molecule has 13 heteroatoms. The van der Waals surface area contributed by atoms with Gasteiger partial charge >= 0.3 is 5.82 Å². The largest absolute Gasteiger partial charge is 0.503 e. The fourth-order valence-corrected chi connectivity index (χ4v) is 6.15. The fourth-order valence-electron chi connectivity index (χ4n) is 3.32. The molecule has 3 heterocycles. The van der Waals surface area contributed by atoms with Crippen molar-refractivity contribution in [2.24, 2.45) is 5.41 Å². The SMILES string of the molecule is CCN(CC)S(=O)(=O)c1scc(Nc2c(N[C@@H](c3cc(C)co3)C(C)(C)C)no[n+]2[O-])c1O. The first kappa shape index (κ1) is 24.9. The molecule has 0 radical (unpaired) electrons. The summed E-state index contributed by atoms with van der Waals surface area (Å²) in [7, 11) is -3.87. The number of furan rings is 1. The molecule has 0 aliphatic carbocycles. The normalized spacial score (nSPS) is 13.4. The quantitative estimate of drug-likeness (QED) is 0.372. The first-order valence-electron chi connectivity index (χ1n) is 10.4. The van der Waals surface area contributed by atoms with Gasteiger partial charge in [0.2, 0.25) is 0 Å². The van der Waals surface area contributed by atoms with Gasteiger partial charge in [-0.3, -0.25) is 5.32 Å². The molecule has 0 saturated carbocycles. The number of hydrogen-bond acceptors (Lipinski definition) is 10. The van der Waals surface area contributed by atoms with Gasteiger partial charge in [-0.25, -0.2) is 8.42 Å². The molecule has 0 spiro atoms. The lowest BCUT2D eigenvalue weighted by atomic mass is 9.85. The van der Waals surface area contributed by atoms with Gasteiger partial charge in [0.15, 0.2) is 15.6 Å². The molecule has 33 heavy (non-hydrogen) atoms. The summed E-state index contributed by atoms with van der Waals surface area (Å²) in [6.45, 7) is 11.9. The van der Waals surface area contributed by atoms with Crippen molar-refractivity contribution in [1.29, 1.82) is 0 Å². The average molecular weight is 500 g/mol. The molecule has 0 unspecified atom stereocenters. The van der Waals surface area contributed by atoms with Crippen LogP contribution in [0.1, 0.15) is 52.0 Å². The topological polar surface area (TPSA) is 148 Å². The van der Waals surface area contributed by atoms with E-state index in [1.807, 2.05) is 33.8 Å². The van der Waals surface area contributed by atoms with E-state index in [0.717, 1.165) is 16.9 Å². The van der Waals surface area contributed by atoms with E-state index in [4.69, 9.17) is 9.05 Å². The minimum Gasteiger partial charge on any atom is -0.503 e. The molecule has 1 atom stereocenters. The Hall–Kier alpha value is -2.77. The second-order valence-electron chi connectivity index (χ2n) is 8.60. The van der Waals surface area contributed by atoms with E-state index in [1.165, 1.54) is 9.69 Å². The average Bonchev–Trinajstić information content (AvgIpc) is 3.41. The van der Waals surface area contributed by atoms with E-state index in [1.54, 1.807) is 20.1 Å². The van der Waals surface area contributed by atoms with Crippen molar-refractivity contribution in [2.45, 2.75) is 51.8 Å². The highest BCUT2D eigenvalue weighted by atomic mass is 32.2. The lowest BCUT2D eigenvalue weighted by Gasteiger charge is -2.29. The molecule has 3 aromatic heterocycles. The standard InChI is InChI=1S/C20H29N5O6S2/c1-7-24(8-2)33(28,29)19-15(26)13(11-32-19)21-18-17(23-31-25(18)27)22-16(20(4,5)6)14-9-12(3)10-30-14/h9-11,16,21,26H,7-8H2,1-6H3,(H,22,23)/t16-/m0/s1. The minimum absolute atomic E-state index is 0.0442. The number of thiophene rings is 1. The zero-order valence-corrected chi connectivity index (χ0v) is 21.0. The Morgan fingerprint density at radius 2 is 2.00 bits per heavy atom. The molecule has 0 bridgehead atoms. The summed E-state index contributed by atoms with van der Waals surface area (Å²) in [5.41, 5.74) is 0.662. The summed E-state index contributed by atoms with van der Waals surface area (Å²) in [5.74, 6) is 0.121. The highest BCUT2D eigenvalue weighted by molar-refractivity contribution is 7.91. The molecular formula is C20H29N5O6S2. The Balaban J connectivity index is 1.93. The Morgan fingerprint density at radius 3 is 2.55 bits per heavy atom. The second-order valence-corrected chi connectivity index (χ2v) is 11.6. The van der Waals surface area contributed by atoms with Gasteiger partial charge in [0, 0.05) is 18.5 Å². The van der Waals surface area contributed by atoms with Gasteiger partial charge in [-0.2, -0.15) is 4.31 Å². The maximum Gasteiger partial charge on any atom is 0.324 e.